The van der Waals surface area contributed by atoms with E-state index in [2.05, 4.69) is 31.3 Å². The summed E-state index contributed by atoms with van der Waals surface area (Å²) < 4.78 is 5.76. The van der Waals surface area contributed by atoms with Crippen LogP contribution in [-0.4, -0.2) is 36.2 Å². The third kappa shape index (κ3) is 2.91. The van der Waals surface area contributed by atoms with Crippen LogP contribution in [0.4, 0.5) is 4.79 Å². The second-order valence-corrected chi connectivity index (χ2v) is 6.51. The lowest BCUT2D eigenvalue weighted by Gasteiger charge is -2.34. The molecule has 2 fully saturated rings. The highest BCUT2D eigenvalue weighted by molar-refractivity contribution is 5.70. The van der Waals surface area contributed by atoms with Crippen molar-refractivity contribution in [1.29, 1.82) is 0 Å². The Balaban J connectivity index is 1.71. The van der Waals surface area contributed by atoms with E-state index < -0.39 is 0 Å². The molecule has 4 nitrogen and oxygen atoms in total. The van der Waals surface area contributed by atoms with Crippen molar-refractivity contribution in [3.05, 3.63) is 35.4 Å². The number of benzene rings is 1. The number of carbonyl (C=O) groups excluding carboxylic acids is 1. The molecule has 0 radical (unpaired) electrons. The summed E-state index contributed by atoms with van der Waals surface area (Å²) in [6.07, 6.45) is 2.12. The lowest BCUT2D eigenvalue weighted by molar-refractivity contribution is 0.0121. The van der Waals surface area contributed by atoms with E-state index >= 15 is 0 Å². The van der Waals surface area contributed by atoms with E-state index in [-0.39, 0.29) is 11.7 Å². The van der Waals surface area contributed by atoms with Gasteiger partial charge in [-0.1, -0.05) is 24.3 Å². The molecule has 2 unspecified atom stereocenters. The Labute approximate surface area is 126 Å². The van der Waals surface area contributed by atoms with Gasteiger partial charge in [-0.15, -0.1) is 0 Å². The molecule has 2 saturated heterocycles. The van der Waals surface area contributed by atoms with Crippen molar-refractivity contribution in [3.63, 3.8) is 0 Å². The van der Waals surface area contributed by atoms with E-state index in [1.54, 1.807) is 0 Å². The van der Waals surface area contributed by atoms with Crippen molar-refractivity contribution < 1.29 is 9.53 Å². The number of cyclic esters (lactones) is 1. The molecule has 0 aliphatic carbocycles. The minimum atomic E-state index is -0.354. The predicted octanol–water partition coefficient (Wildman–Crippen LogP) is 2.71. The minimum Gasteiger partial charge on any atom is -0.441 e. The fraction of sp³-hybridized carbons (Fsp3) is 0.588. The second-order valence-electron chi connectivity index (χ2n) is 6.51. The number of amides is 1. The molecule has 0 spiro atoms. The minimum absolute atomic E-state index is 0.175. The van der Waals surface area contributed by atoms with Crippen molar-refractivity contribution in [2.75, 3.05) is 19.6 Å². The van der Waals surface area contributed by atoms with Gasteiger partial charge in [-0.2, -0.15) is 0 Å². The van der Waals surface area contributed by atoms with Crippen LogP contribution in [0, 0.1) is 12.8 Å². The lowest BCUT2D eigenvalue weighted by Crippen LogP contribution is -2.46. The van der Waals surface area contributed by atoms with Gasteiger partial charge in [0.05, 0.1) is 6.54 Å². The van der Waals surface area contributed by atoms with Gasteiger partial charge in [-0.25, -0.2) is 4.79 Å². The largest absolute Gasteiger partial charge is 0.441 e. The van der Waals surface area contributed by atoms with Crippen LogP contribution >= 0.6 is 0 Å². The summed E-state index contributed by atoms with van der Waals surface area (Å²) in [5.41, 5.74) is 2.06. The van der Waals surface area contributed by atoms with Gasteiger partial charge in [0.15, 0.2) is 0 Å². The molecular formula is C17H24N2O2. The Morgan fingerprint density at radius 1 is 1.43 bits per heavy atom. The lowest BCUT2D eigenvalue weighted by atomic mass is 9.83. The topological polar surface area (TPSA) is 41.6 Å². The normalized spacial score (nSPS) is 29.5. The van der Waals surface area contributed by atoms with E-state index in [4.69, 9.17) is 4.74 Å². The zero-order valence-electron chi connectivity index (χ0n) is 12.9. The summed E-state index contributed by atoms with van der Waals surface area (Å²) in [5, 5.41) is 3.42. The predicted molar refractivity (Wildman–Crippen MR) is 82.1 cm³/mol. The molecule has 21 heavy (non-hydrogen) atoms. The molecule has 4 heteroatoms. The summed E-state index contributed by atoms with van der Waals surface area (Å²) >= 11 is 0. The highest BCUT2D eigenvalue weighted by atomic mass is 16.6. The Bertz CT molecular complexity index is 525. The molecule has 1 aromatic rings. The highest BCUT2D eigenvalue weighted by Gasteiger charge is 2.47. The number of ether oxygens (including phenoxy) is 1. The van der Waals surface area contributed by atoms with E-state index in [0.29, 0.717) is 19.0 Å². The number of nitrogens with one attached hydrogen (secondary N) is 1. The molecule has 1 amide bonds. The zero-order chi connectivity index (χ0) is 14.9. The van der Waals surface area contributed by atoms with Gasteiger partial charge in [0.1, 0.15) is 5.60 Å². The number of nitrogens with zero attached hydrogens (tertiary/aromatic N) is 1. The van der Waals surface area contributed by atoms with E-state index in [1.165, 1.54) is 11.1 Å². The molecule has 3 rings (SSSR count). The average molecular weight is 288 g/mol. The average Bonchev–Trinajstić information content (AvgIpc) is 2.78. The molecule has 1 aromatic carbocycles. The first kappa shape index (κ1) is 14.4. The van der Waals surface area contributed by atoms with E-state index in [9.17, 15) is 4.79 Å². The van der Waals surface area contributed by atoms with Crippen LogP contribution in [0.25, 0.3) is 0 Å². The standard InChI is InChI=1S/C17H24N2O2/c1-13-6-3-4-7-14(13)11-19-12-17(2,21-16(19)20)15-8-5-9-18-10-15/h3-4,6-7,15,18H,5,8-12H2,1-2H3. The van der Waals surface area contributed by atoms with Crippen molar-refractivity contribution in [3.8, 4) is 0 Å². The quantitative estimate of drug-likeness (QED) is 0.930. The van der Waals surface area contributed by atoms with Crippen molar-refractivity contribution in [2.45, 2.75) is 38.8 Å². The molecule has 2 atom stereocenters. The maximum absolute atomic E-state index is 12.2. The van der Waals surface area contributed by atoms with Gasteiger partial charge in [-0.3, -0.25) is 4.90 Å². The Hall–Kier alpha value is -1.55. The Morgan fingerprint density at radius 3 is 2.95 bits per heavy atom. The van der Waals surface area contributed by atoms with Crippen LogP contribution in [-0.2, 0) is 11.3 Å². The fourth-order valence-electron chi connectivity index (χ4n) is 3.44. The molecule has 0 saturated carbocycles. The second kappa shape index (κ2) is 5.68. The molecule has 0 bridgehead atoms. The summed E-state index contributed by atoms with van der Waals surface area (Å²) in [6.45, 7) is 7.52. The number of aryl methyl sites for hydroxylation is 1. The molecule has 114 valence electrons. The maximum Gasteiger partial charge on any atom is 0.410 e. The first-order valence-electron chi connectivity index (χ1n) is 7.82. The molecule has 2 heterocycles. The molecule has 1 N–H and O–H groups in total. The summed E-state index contributed by atoms with van der Waals surface area (Å²) in [7, 11) is 0. The van der Waals surface area contributed by atoms with E-state index in [0.717, 1.165) is 25.9 Å². The Kier molecular flexibility index (Phi) is 3.89. The molecular weight excluding hydrogens is 264 g/mol. The van der Waals surface area contributed by atoms with Gasteiger partial charge in [0.2, 0.25) is 0 Å². The molecule has 0 aromatic heterocycles. The summed E-state index contributed by atoms with van der Waals surface area (Å²) in [5.74, 6) is 0.414. The maximum atomic E-state index is 12.2. The van der Waals surface area contributed by atoms with Crippen molar-refractivity contribution in [1.82, 2.24) is 10.2 Å². The van der Waals surface area contributed by atoms with Crippen molar-refractivity contribution in [2.24, 2.45) is 5.92 Å². The molecule has 2 aliphatic heterocycles. The van der Waals surface area contributed by atoms with Crippen LogP contribution in [0.1, 0.15) is 30.9 Å². The Morgan fingerprint density at radius 2 is 2.24 bits per heavy atom. The monoisotopic (exact) mass is 288 g/mol. The number of hydrogen-bond donors (Lipinski definition) is 1. The smallest absolute Gasteiger partial charge is 0.410 e. The third-order valence-electron chi connectivity index (χ3n) is 4.87. The number of hydrogen-bond acceptors (Lipinski definition) is 3. The summed E-state index contributed by atoms with van der Waals surface area (Å²) in [4.78, 5) is 14.1. The number of carbonyl (C=O) groups is 1. The number of piperidine rings is 1. The van der Waals surface area contributed by atoms with Crippen LogP contribution in [0.15, 0.2) is 24.3 Å². The van der Waals surface area contributed by atoms with Crippen LogP contribution in [0.2, 0.25) is 0 Å². The van der Waals surface area contributed by atoms with Gasteiger partial charge < -0.3 is 10.1 Å². The van der Waals surface area contributed by atoms with Crippen LogP contribution in [0.3, 0.4) is 0 Å². The SMILES string of the molecule is Cc1ccccc1CN1CC(C)(C2CCCNC2)OC1=O. The van der Waals surface area contributed by atoms with Gasteiger partial charge in [0.25, 0.3) is 0 Å². The van der Waals surface area contributed by atoms with Crippen LogP contribution in [0.5, 0.6) is 0 Å². The number of rotatable bonds is 3. The van der Waals surface area contributed by atoms with E-state index in [1.807, 2.05) is 17.0 Å². The first-order chi connectivity index (χ1) is 10.1. The highest BCUT2D eigenvalue weighted by Crippen LogP contribution is 2.34. The van der Waals surface area contributed by atoms with Gasteiger partial charge in [-0.05, 0) is 44.4 Å². The first-order valence-corrected chi connectivity index (χ1v) is 7.82. The van der Waals surface area contributed by atoms with Crippen molar-refractivity contribution >= 4 is 6.09 Å². The zero-order valence-corrected chi connectivity index (χ0v) is 12.9. The van der Waals surface area contributed by atoms with Gasteiger partial charge >= 0.3 is 6.09 Å². The fourth-order valence-corrected chi connectivity index (χ4v) is 3.44. The van der Waals surface area contributed by atoms with Gasteiger partial charge in [0, 0.05) is 19.0 Å². The molecule has 2 aliphatic rings. The van der Waals surface area contributed by atoms with Crippen LogP contribution < -0.4 is 5.32 Å². The summed E-state index contributed by atoms with van der Waals surface area (Å²) in [6, 6.07) is 8.22. The third-order valence-corrected chi connectivity index (χ3v) is 4.87.